The van der Waals surface area contributed by atoms with E-state index in [2.05, 4.69) is 6.92 Å². The first kappa shape index (κ1) is 9.01. The molecule has 11 heavy (non-hydrogen) atoms. The molecule has 66 valence electrons. The lowest BCUT2D eigenvalue weighted by atomic mass is 10.0. The fraction of sp³-hybridized carbons (Fsp3) is 1.00. The lowest BCUT2D eigenvalue weighted by Gasteiger charge is -2.14. The van der Waals surface area contributed by atoms with Gasteiger partial charge in [0.25, 0.3) is 0 Å². The molecule has 0 aromatic heterocycles. The van der Waals surface area contributed by atoms with Crippen molar-refractivity contribution in [3.8, 4) is 0 Å². The van der Waals surface area contributed by atoms with Crippen molar-refractivity contribution in [2.24, 2.45) is 5.41 Å². The van der Waals surface area contributed by atoms with Gasteiger partial charge in [-0.2, -0.15) is 0 Å². The molecule has 1 aliphatic carbocycles. The van der Waals surface area contributed by atoms with Gasteiger partial charge in [-0.15, -0.1) is 0 Å². The highest BCUT2D eigenvalue weighted by atomic mass is 16.3. The second-order valence-electron chi connectivity index (χ2n) is 4.03. The van der Waals surface area contributed by atoms with Crippen LogP contribution in [0.1, 0.15) is 39.5 Å². The van der Waals surface area contributed by atoms with Gasteiger partial charge in [-0.1, -0.05) is 26.7 Å². The third-order valence-electron chi connectivity index (χ3n) is 2.97. The molecular formula is C9H18O2. The SMILES string of the molecule is CCCC[C@@]1(O)C[C@]1(C)CO. The van der Waals surface area contributed by atoms with Crippen molar-refractivity contribution in [2.75, 3.05) is 6.61 Å². The topological polar surface area (TPSA) is 40.5 Å². The van der Waals surface area contributed by atoms with Crippen LogP contribution in [-0.2, 0) is 0 Å². The molecule has 1 fully saturated rings. The van der Waals surface area contributed by atoms with E-state index in [4.69, 9.17) is 5.11 Å². The van der Waals surface area contributed by atoms with Crippen molar-refractivity contribution in [1.29, 1.82) is 0 Å². The Bertz CT molecular complexity index is 146. The summed E-state index contributed by atoms with van der Waals surface area (Å²) in [6.07, 6.45) is 3.80. The van der Waals surface area contributed by atoms with E-state index < -0.39 is 5.60 Å². The zero-order chi connectivity index (χ0) is 8.54. The van der Waals surface area contributed by atoms with Gasteiger partial charge >= 0.3 is 0 Å². The third-order valence-corrected chi connectivity index (χ3v) is 2.97. The molecule has 0 unspecified atom stereocenters. The molecule has 2 nitrogen and oxygen atoms in total. The lowest BCUT2D eigenvalue weighted by Crippen LogP contribution is -2.20. The van der Waals surface area contributed by atoms with Gasteiger partial charge in [0.15, 0.2) is 0 Å². The van der Waals surface area contributed by atoms with Crippen molar-refractivity contribution in [1.82, 2.24) is 0 Å². The Labute approximate surface area is 68.2 Å². The maximum atomic E-state index is 9.82. The quantitative estimate of drug-likeness (QED) is 0.647. The molecule has 1 aliphatic rings. The maximum absolute atomic E-state index is 9.82. The highest BCUT2D eigenvalue weighted by molar-refractivity contribution is 5.12. The molecule has 0 bridgehead atoms. The molecular weight excluding hydrogens is 140 g/mol. The van der Waals surface area contributed by atoms with Crippen LogP contribution in [0.15, 0.2) is 0 Å². The van der Waals surface area contributed by atoms with E-state index in [1.165, 1.54) is 0 Å². The average molecular weight is 158 g/mol. The lowest BCUT2D eigenvalue weighted by molar-refractivity contribution is 0.0645. The summed E-state index contributed by atoms with van der Waals surface area (Å²) in [5.74, 6) is 0. The highest BCUT2D eigenvalue weighted by Gasteiger charge is 2.62. The number of hydrogen-bond acceptors (Lipinski definition) is 2. The Balaban J connectivity index is 2.35. The Kier molecular flexibility index (Phi) is 2.26. The summed E-state index contributed by atoms with van der Waals surface area (Å²) in [6.45, 7) is 4.18. The highest BCUT2D eigenvalue weighted by Crippen LogP contribution is 2.58. The average Bonchev–Trinajstić information content (AvgIpc) is 2.53. The second kappa shape index (κ2) is 2.76. The minimum atomic E-state index is -0.544. The second-order valence-corrected chi connectivity index (χ2v) is 4.03. The van der Waals surface area contributed by atoms with Crippen molar-refractivity contribution in [3.05, 3.63) is 0 Å². The Morgan fingerprint density at radius 3 is 2.45 bits per heavy atom. The molecule has 0 radical (unpaired) electrons. The van der Waals surface area contributed by atoms with E-state index in [0.29, 0.717) is 0 Å². The van der Waals surface area contributed by atoms with Crippen molar-refractivity contribution in [2.45, 2.75) is 45.1 Å². The van der Waals surface area contributed by atoms with Gasteiger partial charge in [0.2, 0.25) is 0 Å². The van der Waals surface area contributed by atoms with E-state index >= 15 is 0 Å². The standard InChI is InChI=1S/C9H18O2/c1-3-4-5-9(11)6-8(9,2)7-10/h10-11H,3-7H2,1-2H3/t8-,9-/m1/s1. The summed E-state index contributed by atoms with van der Waals surface area (Å²) in [7, 11) is 0. The van der Waals surface area contributed by atoms with Gasteiger partial charge in [0.1, 0.15) is 0 Å². The molecule has 0 aromatic rings. The first-order chi connectivity index (χ1) is 5.08. The summed E-state index contributed by atoms with van der Waals surface area (Å²) in [5.41, 5.74) is -0.736. The summed E-state index contributed by atoms with van der Waals surface area (Å²) >= 11 is 0. The number of rotatable bonds is 4. The predicted molar refractivity (Wildman–Crippen MR) is 44.3 cm³/mol. The largest absolute Gasteiger partial charge is 0.396 e. The van der Waals surface area contributed by atoms with Crippen molar-refractivity contribution >= 4 is 0 Å². The Morgan fingerprint density at radius 2 is 2.09 bits per heavy atom. The van der Waals surface area contributed by atoms with Gasteiger partial charge in [-0.25, -0.2) is 0 Å². The van der Waals surface area contributed by atoms with Crippen LogP contribution in [0.25, 0.3) is 0 Å². The molecule has 1 rings (SSSR count). The maximum Gasteiger partial charge on any atom is 0.0731 e. The molecule has 0 amide bonds. The van der Waals surface area contributed by atoms with E-state index in [9.17, 15) is 5.11 Å². The molecule has 2 heteroatoms. The van der Waals surface area contributed by atoms with Gasteiger partial charge in [-0.3, -0.25) is 0 Å². The van der Waals surface area contributed by atoms with Crippen LogP contribution in [0.2, 0.25) is 0 Å². The van der Waals surface area contributed by atoms with Gasteiger partial charge in [0, 0.05) is 5.41 Å². The molecule has 2 N–H and O–H groups in total. The summed E-state index contributed by atoms with van der Waals surface area (Å²) in [6, 6.07) is 0. The van der Waals surface area contributed by atoms with Crippen LogP contribution >= 0.6 is 0 Å². The predicted octanol–water partition coefficient (Wildman–Crippen LogP) is 1.31. The van der Waals surface area contributed by atoms with E-state index in [1.54, 1.807) is 0 Å². The van der Waals surface area contributed by atoms with Crippen LogP contribution in [0.3, 0.4) is 0 Å². The molecule has 0 spiro atoms. The fourth-order valence-corrected chi connectivity index (χ4v) is 1.66. The minimum absolute atomic E-state index is 0.118. The number of aliphatic hydroxyl groups excluding tert-OH is 1. The van der Waals surface area contributed by atoms with Crippen LogP contribution in [0.4, 0.5) is 0 Å². The van der Waals surface area contributed by atoms with Crippen LogP contribution in [0.5, 0.6) is 0 Å². The molecule has 1 saturated carbocycles. The molecule has 2 atom stereocenters. The van der Waals surface area contributed by atoms with E-state index in [-0.39, 0.29) is 12.0 Å². The van der Waals surface area contributed by atoms with Crippen molar-refractivity contribution < 1.29 is 10.2 Å². The minimum Gasteiger partial charge on any atom is -0.396 e. The normalized spacial score (nSPS) is 42.5. The summed E-state index contributed by atoms with van der Waals surface area (Å²) in [5, 5.41) is 18.8. The smallest absolute Gasteiger partial charge is 0.0731 e. The van der Waals surface area contributed by atoms with Gasteiger partial charge in [0.05, 0.1) is 12.2 Å². The first-order valence-electron chi connectivity index (χ1n) is 4.41. The van der Waals surface area contributed by atoms with Gasteiger partial charge < -0.3 is 10.2 Å². The fourth-order valence-electron chi connectivity index (χ4n) is 1.66. The summed E-state index contributed by atoms with van der Waals surface area (Å²) < 4.78 is 0. The number of unbranched alkanes of at least 4 members (excludes halogenated alkanes) is 1. The molecule has 0 aromatic carbocycles. The van der Waals surface area contributed by atoms with Crippen molar-refractivity contribution in [3.63, 3.8) is 0 Å². The molecule has 0 saturated heterocycles. The van der Waals surface area contributed by atoms with Crippen LogP contribution < -0.4 is 0 Å². The molecule has 0 heterocycles. The van der Waals surface area contributed by atoms with Crippen LogP contribution in [0, 0.1) is 5.41 Å². The Hall–Kier alpha value is -0.0800. The zero-order valence-corrected chi connectivity index (χ0v) is 7.43. The number of hydrogen-bond donors (Lipinski definition) is 2. The third kappa shape index (κ3) is 1.42. The monoisotopic (exact) mass is 158 g/mol. The van der Waals surface area contributed by atoms with E-state index in [1.807, 2.05) is 6.92 Å². The first-order valence-corrected chi connectivity index (χ1v) is 4.41. The van der Waals surface area contributed by atoms with E-state index in [0.717, 1.165) is 25.7 Å². The molecule has 0 aliphatic heterocycles. The zero-order valence-electron chi connectivity index (χ0n) is 7.43. The Morgan fingerprint density at radius 1 is 1.45 bits per heavy atom. The van der Waals surface area contributed by atoms with Crippen LogP contribution in [-0.4, -0.2) is 22.4 Å². The number of aliphatic hydroxyl groups is 2. The van der Waals surface area contributed by atoms with Gasteiger partial charge in [-0.05, 0) is 12.8 Å². The summed E-state index contributed by atoms with van der Waals surface area (Å²) in [4.78, 5) is 0.